The molecule has 7 N–H and O–H groups in total. The first kappa shape index (κ1) is 51.8. The normalized spacial score (nSPS) is 10.5. The fourth-order valence-corrected chi connectivity index (χ4v) is 5.06. The van der Waals surface area contributed by atoms with Crippen molar-refractivity contribution in [1.82, 2.24) is 41.3 Å². The molecule has 0 aliphatic rings. The molecule has 18 nitrogen and oxygen atoms in total. The monoisotopic (exact) mass is 832 g/mol. The molecule has 0 heterocycles. The molecule has 0 bridgehead atoms. The van der Waals surface area contributed by atoms with E-state index in [9.17, 15) is 24.0 Å². The molecule has 0 saturated heterocycles. The molecule has 0 aliphatic heterocycles. The third-order valence-corrected chi connectivity index (χ3v) is 8.21. The predicted octanol–water partition coefficient (Wildman–Crippen LogP) is 3.49. The summed E-state index contributed by atoms with van der Waals surface area (Å²) in [4.78, 5) is 66.8. The second kappa shape index (κ2) is 31.8. The molecule has 0 spiro atoms. The Bertz CT molecular complexity index is 1480. The van der Waals surface area contributed by atoms with Crippen LogP contribution in [0, 0.1) is 0 Å². The molecule has 0 aliphatic carbocycles. The molecule has 0 saturated carbocycles. The van der Waals surface area contributed by atoms with Crippen LogP contribution in [0.1, 0.15) is 59.6 Å². The van der Waals surface area contributed by atoms with Crippen molar-refractivity contribution in [3.63, 3.8) is 0 Å². The van der Waals surface area contributed by atoms with Crippen LogP contribution in [-0.2, 0) is 27.5 Å². The van der Waals surface area contributed by atoms with Crippen molar-refractivity contribution in [3.8, 4) is 11.5 Å². The minimum Gasteiger partial charge on any atom is -0.445 e. The largest absolute Gasteiger partial charge is 0.445 e. The first-order chi connectivity index (χ1) is 28.4. The lowest BCUT2D eigenvalue weighted by Crippen LogP contribution is -2.43. The maximum atomic E-state index is 12.8. The number of carbonyl (C=O) groups is 5. The van der Waals surface area contributed by atoms with Crippen LogP contribution in [0.3, 0.4) is 0 Å². The molecule has 5 amide bonds. The molecular weight excluding hydrogens is 763 g/mol. The van der Waals surface area contributed by atoms with Gasteiger partial charge in [0, 0.05) is 91.5 Å². The molecule has 0 atom stereocenters. The number of nitrogens with two attached hydrogens (primary N) is 1. The van der Waals surface area contributed by atoms with E-state index in [4.69, 9.17) is 24.7 Å². The van der Waals surface area contributed by atoms with E-state index in [-0.39, 0.29) is 45.3 Å². The molecule has 2 rings (SSSR count). The van der Waals surface area contributed by atoms with E-state index in [1.807, 2.05) is 41.5 Å². The number of likely N-dealkylation sites (N-methyl/N-ethyl adjacent to an activating group) is 2. The van der Waals surface area contributed by atoms with Crippen molar-refractivity contribution in [2.45, 2.75) is 67.7 Å². The lowest BCUT2D eigenvalue weighted by Gasteiger charge is -2.23. The highest BCUT2D eigenvalue weighted by Gasteiger charge is 2.17. The molecule has 332 valence electrons. The Morgan fingerprint density at radius 2 is 0.983 bits per heavy atom. The molecule has 0 fully saturated rings. The van der Waals surface area contributed by atoms with Gasteiger partial charge in [-0.2, -0.15) is 0 Å². The molecule has 59 heavy (non-hydrogen) atoms. The fraction of sp³-hybridized carbons (Fsp3) is 0.585. The third kappa shape index (κ3) is 23.7. The number of hydrogen-bond acceptors (Lipinski definition) is 13. The number of hydrogen-bond donors (Lipinski definition) is 6. The van der Waals surface area contributed by atoms with Crippen molar-refractivity contribution in [2.24, 2.45) is 5.73 Å². The lowest BCUT2D eigenvalue weighted by atomic mass is 10.2. The Morgan fingerprint density at radius 1 is 0.593 bits per heavy atom. The van der Waals surface area contributed by atoms with Crippen molar-refractivity contribution in [3.05, 3.63) is 59.7 Å². The molecule has 2 aromatic rings. The summed E-state index contributed by atoms with van der Waals surface area (Å²) in [6.07, 6.45) is -2.28. The third-order valence-electron chi connectivity index (χ3n) is 8.21. The lowest BCUT2D eigenvalue weighted by molar-refractivity contribution is -0.128. The number of nitrogens with one attached hydrogen (secondary N) is 5. The Hall–Kier alpha value is -5.17. The minimum absolute atomic E-state index is 0.0128. The summed E-state index contributed by atoms with van der Waals surface area (Å²) in [5.41, 5.74) is 7.00. The van der Waals surface area contributed by atoms with Crippen molar-refractivity contribution in [2.75, 3.05) is 91.6 Å². The molecule has 2 aromatic carbocycles. The van der Waals surface area contributed by atoms with Gasteiger partial charge in [0.15, 0.2) is 0 Å². The van der Waals surface area contributed by atoms with E-state index in [2.05, 4.69) is 26.6 Å². The van der Waals surface area contributed by atoms with Crippen LogP contribution in [0.4, 0.5) is 19.2 Å². The average Bonchev–Trinajstić information content (AvgIpc) is 3.22. The number of rotatable bonds is 26. The summed E-state index contributed by atoms with van der Waals surface area (Å²) in [5.74, 6) is 0.485. The summed E-state index contributed by atoms with van der Waals surface area (Å²) < 4.78 is 21.6. The van der Waals surface area contributed by atoms with E-state index in [1.54, 1.807) is 53.4 Å². The molecule has 0 aromatic heterocycles. The van der Waals surface area contributed by atoms with Gasteiger partial charge in [-0.05, 0) is 48.5 Å². The zero-order valence-corrected chi connectivity index (χ0v) is 36.1. The van der Waals surface area contributed by atoms with Gasteiger partial charge >= 0.3 is 24.4 Å². The van der Waals surface area contributed by atoms with Gasteiger partial charge in [-0.1, -0.05) is 65.8 Å². The van der Waals surface area contributed by atoms with Gasteiger partial charge in [0.05, 0.1) is 0 Å². The van der Waals surface area contributed by atoms with Crippen molar-refractivity contribution in [1.29, 1.82) is 0 Å². The van der Waals surface area contributed by atoms with Gasteiger partial charge in [0.25, 0.3) is 0 Å². The first-order valence-electron chi connectivity index (χ1n) is 20.5. The van der Waals surface area contributed by atoms with Crippen LogP contribution < -0.4 is 41.8 Å². The van der Waals surface area contributed by atoms with E-state index in [0.29, 0.717) is 81.0 Å². The quantitative estimate of drug-likeness (QED) is 0.0750. The number of ether oxygens (including phenoxy) is 4. The second-order valence-corrected chi connectivity index (χ2v) is 13.1. The van der Waals surface area contributed by atoms with E-state index in [0.717, 1.165) is 13.1 Å². The predicted molar refractivity (Wildman–Crippen MR) is 227 cm³/mol. The van der Waals surface area contributed by atoms with Crippen LogP contribution in [0.25, 0.3) is 0 Å². The summed E-state index contributed by atoms with van der Waals surface area (Å²) in [6.45, 7) is 19.8. The summed E-state index contributed by atoms with van der Waals surface area (Å²) in [6, 6.07) is 13.6. The molecule has 0 unspecified atom stereocenters. The standard InChI is InChI=1S/C39H63N9O9.C2H6/c1-6-41-17-23-47(22-16-40)38(52)56-34-12-8-32(9-13-34)28-54-36(50)44-20-25-46(31(5)49)26-21-45-37(51)55-29-33-10-14-35(15-11-33)57-39(53)48(24-18-42-7-2)27-19-43-30(3)4;1-2/h8-15,30,41-43H,6-7,16-29,40H2,1-5H3,(H,44,50)(H,45,51);1-2H3. The van der Waals surface area contributed by atoms with E-state index < -0.39 is 24.4 Å². The minimum atomic E-state index is -0.670. The van der Waals surface area contributed by atoms with Crippen LogP contribution >= 0.6 is 0 Å². The maximum Gasteiger partial charge on any atom is 0.415 e. The Morgan fingerprint density at radius 3 is 1.36 bits per heavy atom. The number of benzene rings is 2. The first-order valence-corrected chi connectivity index (χ1v) is 20.5. The number of alkyl carbamates (subject to hydrolysis) is 2. The number of nitrogens with zero attached hydrogens (tertiary/aromatic N) is 3. The van der Waals surface area contributed by atoms with Gasteiger partial charge in [0.2, 0.25) is 5.91 Å². The second-order valence-electron chi connectivity index (χ2n) is 13.1. The van der Waals surface area contributed by atoms with E-state index >= 15 is 0 Å². The smallest absolute Gasteiger partial charge is 0.415 e. The highest BCUT2D eigenvalue weighted by atomic mass is 16.6. The Kier molecular flexibility index (Phi) is 27.9. The number of amides is 5. The summed E-state index contributed by atoms with van der Waals surface area (Å²) >= 11 is 0. The van der Waals surface area contributed by atoms with Crippen LogP contribution in [0.5, 0.6) is 11.5 Å². The van der Waals surface area contributed by atoms with Gasteiger partial charge in [-0.25, -0.2) is 19.2 Å². The average molecular weight is 832 g/mol. The van der Waals surface area contributed by atoms with Crippen LogP contribution in [0.2, 0.25) is 0 Å². The van der Waals surface area contributed by atoms with Crippen LogP contribution in [0.15, 0.2) is 48.5 Å². The Labute approximate surface area is 350 Å². The fourth-order valence-electron chi connectivity index (χ4n) is 5.06. The number of carbonyl (C=O) groups excluding carboxylic acids is 5. The van der Waals surface area contributed by atoms with Gasteiger partial charge < -0.3 is 66.0 Å². The highest BCUT2D eigenvalue weighted by molar-refractivity contribution is 5.74. The van der Waals surface area contributed by atoms with Crippen molar-refractivity contribution >= 4 is 30.3 Å². The molecular formula is C41H69N9O9. The summed E-state index contributed by atoms with van der Waals surface area (Å²) in [5, 5.41) is 14.9. The Balaban J connectivity index is 0.00000856. The maximum absolute atomic E-state index is 12.8. The van der Waals surface area contributed by atoms with E-state index in [1.165, 1.54) is 16.7 Å². The highest BCUT2D eigenvalue weighted by Crippen LogP contribution is 2.15. The SMILES string of the molecule is CC.CCNCCN(CCN)C(=O)Oc1ccc(COC(=O)NCCN(CCNC(=O)OCc2ccc(OC(=O)N(CCNCC)CCNC(C)C)cc2)C(C)=O)cc1. The molecule has 0 radical (unpaired) electrons. The van der Waals surface area contributed by atoms with Gasteiger partial charge in [-0.15, -0.1) is 0 Å². The van der Waals surface area contributed by atoms with Crippen molar-refractivity contribution < 1.29 is 42.9 Å². The zero-order chi connectivity index (χ0) is 43.8. The van der Waals surface area contributed by atoms with Gasteiger partial charge in [0.1, 0.15) is 24.7 Å². The summed E-state index contributed by atoms with van der Waals surface area (Å²) in [7, 11) is 0. The van der Waals surface area contributed by atoms with Crippen LogP contribution in [-0.4, -0.2) is 143 Å². The zero-order valence-electron chi connectivity index (χ0n) is 36.1. The topological polar surface area (TPSA) is 218 Å². The molecule has 18 heteroatoms. The van der Waals surface area contributed by atoms with Gasteiger partial charge in [-0.3, -0.25) is 4.79 Å².